The van der Waals surface area contributed by atoms with Gasteiger partial charge in [0.15, 0.2) is 0 Å². The number of ether oxygens (including phenoxy) is 2. The van der Waals surface area contributed by atoms with Crippen LogP contribution >= 0.6 is 0 Å². The quantitative estimate of drug-likeness (QED) is 0.376. The molecule has 258 valence electrons. The minimum absolute atomic E-state index is 0.0610. The lowest BCUT2D eigenvalue weighted by Crippen LogP contribution is -2.64. The van der Waals surface area contributed by atoms with E-state index in [1.165, 1.54) is 18.9 Å². The van der Waals surface area contributed by atoms with Crippen LogP contribution in [0.4, 0.5) is 22.8 Å². The first-order chi connectivity index (χ1) is 21.8. The van der Waals surface area contributed by atoms with Crippen molar-refractivity contribution in [2.75, 3.05) is 59.5 Å². The number of halogens is 3. The lowest BCUT2D eigenvalue weighted by atomic mass is 9.74. The Morgan fingerprint density at radius 3 is 2.26 bits per heavy atom. The largest absolute Gasteiger partial charge is 0.453 e. The molecule has 1 spiro atoms. The number of amides is 3. The number of hydrogen-bond acceptors (Lipinski definition) is 8. The van der Waals surface area contributed by atoms with E-state index in [4.69, 9.17) is 9.47 Å². The summed E-state index contributed by atoms with van der Waals surface area (Å²) in [4.78, 5) is 45.9. The third-order valence-corrected chi connectivity index (χ3v) is 11.0. The molecule has 0 bridgehead atoms. The highest BCUT2D eigenvalue weighted by Crippen LogP contribution is 2.44. The molecule has 0 unspecified atom stereocenters. The average molecular weight is 656 g/mol. The fourth-order valence-electron chi connectivity index (χ4n) is 7.94. The molecule has 4 saturated heterocycles. The number of alkyl halides is 3. The SMILES string of the molecule is CCCC[C@H]1CN(CC2CCN(C(=O)OC)CC2)C(=O)OC12CCN(C1(C)CCN(C(=O)c3c(C)noc3C(F)(F)F)CC1)CC2. The average Bonchev–Trinajstić information content (AvgIpc) is 3.44. The second-order valence-corrected chi connectivity index (χ2v) is 13.8. The van der Waals surface area contributed by atoms with E-state index < -0.39 is 29.0 Å². The second-order valence-electron chi connectivity index (χ2n) is 13.8. The lowest BCUT2D eigenvalue weighted by molar-refractivity contribution is -0.156. The van der Waals surface area contributed by atoms with Gasteiger partial charge >= 0.3 is 18.4 Å². The van der Waals surface area contributed by atoms with Crippen LogP contribution in [0.5, 0.6) is 0 Å². The molecule has 5 heterocycles. The van der Waals surface area contributed by atoms with Gasteiger partial charge in [-0.1, -0.05) is 24.9 Å². The first-order valence-corrected chi connectivity index (χ1v) is 16.7. The van der Waals surface area contributed by atoms with Crippen LogP contribution in [0.3, 0.4) is 0 Å². The van der Waals surface area contributed by atoms with Crippen molar-refractivity contribution in [2.45, 2.75) is 95.9 Å². The summed E-state index contributed by atoms with van der Waals surface area (Å²) >= 11 is 0. The van der Waals surface area contributed by atoms with Gasteiger partial charge in [-0.2, -0.15) is 13.2 Å². The summed E-state index contributed by atoms with van der Waals surface area (Å²) in [5, 5.41) is 3.41. The number of carbonyl (C=O) groups is 3. The zero-order chi connectivity index (χ0) is 33.3. The Kier molecular flexibility index (Phi) is 10.1. The van der Waals surface area contributed by atoms with E-state index in [-0.39, 0.29) is 29.3 Å². The zero-order valence-corrected chi connectivity index (χ0v) is 27.5. The topological polar surface area (TPSA) is 109 Å². The van der Waals surface area contributed by atoms with Gasteiger partial charge in [-0.25, -0.2) is 9.59 Å². The first kappa shape index (κ1) is 34.3. The number of aryl methyl sites for hydroxylation is 1. The van der Waals surface area contributed by atoms with E-state index in [2.05, 4.69) is 28.4 Å². The predicted molar refractivity (Wildman–Crippen MR) is 161 cm³/mol. The van der Waals surface area contributed by atoms with Crippen molar-refractivity contribution in [2.24, 2.45) is 11.8 Å². The molecular formula is C32H48F3N5O6. The van der Waals surface area contributed by atoms with E-state index in [1.807, 2.05) is 4.90 Å². The number of aromatic nitrogens is 1. The number of hydrogen-bond donors (Lipinski definition) is 0. The molecule has 3 amide bonds. The van der Waals surface area contributed by atoms with Gasteiger partial charge in [0.1, 0.15) is 11.2 Å². The van der Waals surface area contributed by atoms with E-state index in [0.717, 1.165) is 58.0 Å². The monoisotopic (exact) mass is 655 g/mol. The van der Waals surface area contributed by atoms with E-state index in [9.17, 15) is 27.6 Å². The second kappa shape index (κ2) is 13.6. The third kappa shape index (κ3) is 6.96. The summed E-state index contributed by atoms with van der Waals surface area (Å²) in [6.45, 7) is 10.4. The fraction of sp³-hybridized carbons (Fsp3) is 0.812. The van der Waals surface area contributed by atoms with E-state index >= 15 is 0 Å². The maximum atomic E-state index is 13.4. The molecule has 0 N–H and O–H groups in total. The smallest absolute Gasteiger partial charge is 0.453 e. The highest BCUT2D eigenvalue weighted by atomic mass is 19.4. The van der Waals surface area contributed by atoms with Crippen LogP contribution in [0, 0.1) is 18.8 Å². The van der Waals surface area contributed by atoms with Crippen molar-refractivity contribution in [1.82, 2.24) is 24.8 Å². The Morgan fingerprint density at radius 2 is 1.67 bits per heavy atom. The highest BCUT2D eigenvalue weighted by molar-refractivity contribution is 5.96. The van der Waals surface area contributed by atoms with Crippen molar-refractivity contribution < 1.29 is 41.6 Å². The Balaban J connectivity index is 1.17. The Hall–Kier alpha value is -3.03. The predicted octanol–water partition coefficient (Wildman–Crippen LogP) is 5.57. The number of methoxy groups -OCH3 is 1. The number of carbonyl (C=O) groups excluding carboxylic acids is 3. The molecule has 14 heteroatoms. The third-order valence-electron chi connectivity index (χ3n) is 11.0. The molecule has 4 aliphatic heterocycles. The summed E-state index contributed by atoms with van der Waals surface area (Å²) < 4.78 is 56.0. The van der Waals surface area contributed by atoms with Crippen molar-refractivity contribution in [3.8, 4) is 0 Å². The molecule has 46 heavy (non-hydrogen) atoms. The van der Waals surface area contributed by atoms with E-state index in [0.29, 0.717) is 58.0 Å². The van der Waals surface area contributed by atoms with Gasteiger partial charge in [0.2, 0.25) is 0 Å². The van der Waals surface area contributed by atoms with Gasteiger partial charge in [-0.15, -0.1) is 0 Å². The lowest BCUT2D eigenvalue weighted by Gasteiger charge is -2.55. The van der Waals surface area contributed by atoms with Crippen LogP contribution in [0.25, 0.3) is 0 Å². The molecule has 11 nitrogen and oxygen atoms in total. The van der Waals surface area contributed by atoms with Gasteiger partial charge in [0.05, 0.1) is 12.8 Å². The number of likely N-dealkylation sites (tertiary alicyclic amines) is 3. The van der Waals surface area contributed by atoms with E-state index in [1.54, 1.807) is 4.90 Å². The summed E-state index contributed by atoms with van der Waals surface area (Å²) in [6, 6.07) is 0. The summed E-state index contributed by atoms with van der Waals surface area (Å²) in [7, 11) is 1.39. The minimum Gasteiger partial charge on any atom is -0.453 e. The standard InChI is InChI=1S/C32H48F3N5O6/c1-5-6-7-24-21-39(20-23-8-14-38(15-9-23)28(42)44-4)29(43)45-31(24)12-18-40(19-13-31)30(3)10-16-37(17-11-30)27(41)25-22(2)36-46-26(25)32(33,34)35/h23-24H,5-21H2,1-4H3/t24-/m0/s1. The highest BCUT2D eigenvalue weighted by Gasteiger charge is 2.52. The molecule has 5 rings (SSSR count). The molecule has 0 aliphatic carbocycles. The zero-order valence-electron chi connectivity index (χ0n) is 27.5. The first-order valence-electron chi connectivity index (χ1n) is 16.7. The number of rotatable bonds is 7. The van der Waals surface area contributed by atoms with Gasteiger partial charge < -0.3 is 28.7 Å². The van der Waals surface area contributed by atoms with Crippen LogP contribution in [0.1, 0.15) is 93.4 Å². The fourth-order valence-corrected chi connectivity index (χ4v) is 7.94. The molecule has 4 aliphatic rings. The van der Waals surface area contributed by atoms with Crippen LogP contribution in [0.15, 0.2) is 4.52 Å². The van der Waals surface area contributed by atoms with Gasteiger partial charge in [-0.05, 0) is 51.9 Å². The number of nitrogens with zero attached hydrogens (tertiary/aromatic N) is 5. The Bertz CT molecular complexity index is 1250. The normalized spacial score (nSPS) is 24.3. The molecule has 4 fully saturated rings. The Labute approximate surface area is 268 Å². The van der Waals surface area contributed by atoms with Crippen LogP contribution < -0.4 is 0 Å². The minimum atomic E-state index is -4.79. The number of unbranched alkanes of at least 4 members (excludes halogenated alkanes) is 1. The summed E-state index contributed by atoms with van der Waals surface area (Å²) in [6.07, 6.45) is 2.10. The summed E-state index contributed by atoms with van der Waals surface area (Å²) in [5.74, 6) is -1.50. The number of piperidine rings is 3. The maximum Gasteiger partial charge on any atom is 0.453 e. The maximum absolute atomic E-state index is 13.4. The van der Waals surface area contributed by atoms with Gasteiger partial charge in [-0.3, -0.25) is 9.69 Å². The summed E-state index contributed by atoms with van der Waals surface area (Å²) in [5.41, 5.74) is -1.30. The molecule has 1 atom stereocenters. The van der Waals surface area contributed by atoms with Crippen molar-refractivity contribution >= 4 is 18.1 Å². The Morgan fingerprint density at radius 1 is 1.02 bits per heavy atom. The van der Waals surface area contributed by atoms with Gasteiger partial charge in [0.25, 0.3) is 11.7 Å². The van der Waals surface area contributed by atoms with Crippen molar-refractivity contribution in [3.05, 3.63) is 17.0 Å². The molecule has 0 aromatic carbocycles. The molecular weight excluding hydrogens is 607 g/mol. The van der Waals surface area contributed by atoms with Crippen molar-refractivity contribution in [1.29, 1.82) is 0 Å². The van der Waals surface area contributed by atoms with Crippen molar-refractivity contribution in [3.63, 3.8) is 0 Å². The molecule has 1 aromatic rings. The molecule has 0 saturated carbocycles. The van der Waals surface area contributed by atoms with Crippen LogP contribution in [-0.2, 0) is 15.7 Å². The van der Waals surface area contributed by atoms with Crippen LogP contribution in [0.2, 0.25) is 0 Å². The molecule has 1 aromatic heterocycles. The van der Waals surface area contributed by atoms with Crippen LogP contribution in [-0.4, -0.2) is 113 Å². The molecule has 0 radical (unpaired) electrons. The van der Waals surface area contributed by atoms with Gasteiger partial charge in [0, 0.05) is 76.7 Å².